The standard InChI is InChI=1S/C43H84O2/c1-3-5-7-9-11-13-15-17-19-21-22-23-24-25-27-29-31-33-35-37-39-41-43(44)45-42-40-38-36-34-32-30-28-26-20-18-16-14-12-10-8-6-4-2/h17,19H,3-16,18,20-42H2,1-2H3/b19-17-. The van der Waals surface area contributed by atoms with Gasteiger partial charge in [-0.15, -0.1) is 0 Å². The fraction of sp³-hybridized carbons (Fsp3) is 0.930. The van der Waals surface area contributed by atoms with Gasteiger partial charge in [0, 0.05) is 6.42 Å². The summed E-state index contributed by atoms with van der Waals surface area (Å²) >= 11 is 0. The third kappa shape index (κ3) is 41.2. The summed E-state index contributed by atoms with van der Waals surface area (Å²) in [5.41, 5.74) is 0. The molecule has 2 nitrogen and oxygen atoms in total. The number of allylic oxidation sites excluding steroid dienone is 2. The van der Waals surface area contributed by atoms with Crippen molar-refractivity contribution in [2.75, 3.05) is 6.61 Å². The Morgan fingerprint density at radius 1 is 0.356 bits per heavy atom. The number of carbonyl (C=O) groups is 1. The summed E-state index contributed by atoms with van der Waals surface area (Å²) in [6.45, 7) is 5.22. The summed E-state index contributed by atoms with van der Waals surface area (Å²) < 4.78 is 5.47. The minimum atomic E-state index is 0.0276. The number of carbonyl (C=O) groups excluding carboxylic acids is 1. The molecule has 0 heterocycles. The molecule has 268 valence electrons. The number of ether oxygens (including phenoxy) is 1. The zero-order valence-corrected chi connectivity index (χ0v) is 31.3. The fourth-order valence-corrected chi connectivity index (χ4v) is 6.49. The van der Waals surface area contributed by atoms with Crippen molar-refractivity contribution in [2.24, 2.45) is 0 Å². The lowest BCUT2D eigenvalue weighted by molar-refractivity contribution is -0.143. The van der Waals surface area contributed by atoms with Crippen molar-refractivity contribution in [3.63, 3.8) is 0 Å². The smallest absolute Gasteiger partial charge is 0.305 e. The molecule has 2 heteroatoms. The largest absolute Gasteiger partial charge is 0.466 e. The van der Waals surface area contributed by atoms with Crippen LogP contribution >= 0.6 is 0 Å². The van der Waals surface area contributed by atoms with E-state index in [1.54, 1.807) is 0 Å². The average molecular weight is 633 g/mol. The summed E-state index contributed by atoms with van der Waals surface area (Å²) in [6.07, 6.45) is 54.5. The molecule has 0 rings (SSSR count). The summed E-state index contributed by atoms with van der Waals surface area (Å²) in [5.74, 6) is 0.0276. The molecule has 0 aromatic carbocycles. The second-order valence-corrected chi connectivity index (χ2v) is 14.3. The first kappa shape index (κ1) is 44.2. The van der Waals surface area contributed by atoms with E-state index in [1.165, 1.54) is 218 Å². The van der Waals surface area contributed by atoms with Crippen LogP contribution in [0.5, 0.6) is 0 Å². The van der Waals surface area contributed by atoms with Gasteiger partial charge in [0.2, 0.25) is 0 Å². The molecule has 0 N–H and O–H groups in total. The van der Waals surface area contributed by atoms with Crippen LogP contribution in [0.1, 0.15) is 251 Å². The third-order valence-corrected chi connectivity index (χ3v) is 9.65. The molecule has 0 saturated heterocycles. The first-order valence-electron chi connectivity index (χ1n) is 21.1. The minimum absolute atomic E-state index is 0.0276. The Kier molecular flexibility index (Phi) is 40.5. The van der Waals surface area contributed by atoms with Crippen LogP contribution in [0.4, 0.5) is 0 Å². The van der Waals surface area contributed by atoms with Gasteiger partial charge < -0.3 is 4.74 Å². The normalized spacial score (nSPS) is 11.6. The van der Waals surface area contributed by atoms with Gasteiger partial charge in [-0.1, -0.05) is 219 Å². The van der Waals surface area contributed by atoms with Crippen molar-refractivity contribution < 1.29 is 9.53 Å². The van der Waals surface area contributed by atoms with Crippen LogP contribution in [0.15, 0.2) is 12.2 Å². The van der Waals surface area contributed by atoms with E-state index in [2.05, 4.69) is 26.0 Å². The van der Waals surface area contributed by atoms with Crippen molar-refractivity contribution in [1.82, 2.24) is 0 Å². The van der Waals surface area contributed by atoms with Gasteiger partial charge in [-0.2, -0.15) is 0 Å². The molecule has 0 aliphatic carbocycles. The molecule has 0 saturated carbocycles. The molecule has 0 bridgehead atoms. The summed E-state index contributed by atoms with van der Waals surface area (Å²) in [7, 11) is 0. The second-order valence-electron chi connectivity index (χ2n) is 14.3. The van der Waals surface area contributed by atoms with Gasteiger partial charge in [-0.25, -0.2) is 0 Å². The Balaban J connectivity index is 3.17. The van der Waals surface area contributed by atoms with Crippen LogP contribution in [0.25, 0.3) is 0 Å². The van der Waals surface area contributed by atoms with Crippen molar-refractivity contribution in [3.8, 4) is 0 Å². The van der Waals surface area contributed by atoms with Crippen molar-refractivity contribution >= 4 is 5.97 Å². The number of esters is 1. The molecule has 0 aliphatic heterocycles. The van der Waals surface area contributed by atoms with Gasteiger partial charge in [-0.3, -0.25) is 4.79 Å². The second kappa shape index (κ2) is 41.2. The fourth-order valence-electron chi connectivity index (χ4n) is 6.49. The highest BCUT2D eigenvalue weighted by Crippen LogP contribution is 2.15. The van der Waals surface area contributed by atoms with Crippen LogP contribution in [-0.2, 0) is 9.53 Å². The molecule has 0 aliphatic rings. The maximum Gasteiger partial charge on any atom is 0.305 e. The number of hydrogen-bond donors (Lipinski definition) is 0. The average Bonchev–Trinajstić information content (AvgIpc) is 3.05. The predicted molar refractivity (Wildman–Crippen MR) is 202 cm³/mol. The van der Waals surface area contributed by atoms with Gasteiger partial charge in [0.1, 0.15) is 0 Å². The van der Waals surface area contributed by atoms with E-state index < -0.39 is 0 Å². The molecule has 0 aromatic heterocycles. The van der Waals surface area contributed by atoms with E-state index in [-0.39, 0.29) is 5.97 Å². The summed E-state index contributed by atoms with van der Waals surface area (Å²) in [5, 5.41) is 0. The Morgan fingerprint density at radius 2 is 0.622 bits per heavy atom. The highest BCUT2D eigenvalue weighted by Gasteiger charge is 2.03. The molecule has 0 amide bonds. The molecule has 0 spiro atoms. The van der Waals surface area contributed by atoms with Gasteiger partial charge >= 0.3 is 5.97 Å². The topological polar surface area (TPSA) is 26.3 Å². The van der Waals surface area contributed by atoms with E-state index in [1.807, 2.05) is 0 Å². The van der Waals surface area contributed by atoms with Gasteiger partial charge in [0.25, 0.3) is 0 Å². The monoisotopic (exact) mass is 633 g/mol. The van der Waals surface area contributed by atoms with Crippen LogP contribution < -0.4 is 0 Å². The van der Waals surface area contributed by atoms with E-state index in [0.717, 1.165) is 12.8 Å². The zero-order valence-electron chi connectivity index (χ0n) is 31.3. The van der Waals surface area contributed by atoms with E-state index in [9.17, 15) is 4.79 Å². The van der Waals surface area contributed by atoms with Crippen LogP contribution in [0, 0.1) is 0 Å². The molecule has 0 unspecified atom stereocenters. The van der Waals surface area contributed by atoms with Crippen molar-refractivity contribution in [1.29, 1.82) is 0 Å². The van der Waals surface area contributed by atoms with Crippen LogP contribution in [0.2, 0.25) is 0 Å². The molecule has 0 atom stereocenters. The molecule has 45 heavy (non-hydrogen) atoms. The first-order valence-corrected chi connectivity index (χ1v) is 21.1. The predicted octanol–water partition coefficient (Wildman–Crippen LogP) is 15.6. The highest BCUT2D eigenvalue weighted by atomic mass is 16.5. The molecule has 0 aromatic rings. The SMILES string of the molecule is CCCCCCCC/C=C\CCCCCCCCCCCCCC(=O)OCCCCCCCCCCCCCCCCCCC. The van der Waals surface area contributed by atoms with E-state index in [0.29, 0.717) is 13.0 Å². The Labute approximate surface area is 285 Å². The summed E-state index contributed by atoms with van der Waals surface area (Å²) in [6, 6.07) is 0. The first-order chi connectivity index (χ1) is 22.3. The maximum absolute atomic E-state index is 12.0. The molecular formula is C43H84O2. The van der Waals surface area contributed by atoms with Gasteiger partial charge in [0.05, 0.1) is 6.61 Å². The zero-order chi connectivity index (χ0) is 32.6. The molecular weight excluding hydrogens is 548 g/mol. The van der Waals surface area contributed by atoms with Crippen LogP contribution in [-0.4, -0.2) is 12.6 Å². The Hall–Kier alpha value is -0.790. The lowest BCUT2D eigenvalue weighted by Crippen LogP contribution is -2.05. The Morgan fingerprint density at radius 3 is 0.956 bits per heavy atom. The number of unbranched alkanes of at least 4 members (excludes halogenated alkanes) is 33. The minimum Gasteiger partial charge on any atom is -0.466 e. The lowest BCUT2D eigenvalue weighted by atomic mass is 10.0. The van der Waals surface area contributed by atoms with E-state index in [4.69, 9.17) is 4.74 Å². The molecule has 0 fully saturated rings. The highest BCUT2D eigenvalue weighted by molar-refractivity contribution is 5.69. The maximum atomic E-state index is 12.0. The lowest BCUT2D eigenvalue weighted by Gasteiger charge is -2.06. The van der Waals surface area contributed by atoms with Crippen molar-refractivity contribution in [3.05, 3.63) is 12.2 Å². The third-order valence-electron chi connectivity index (χ3n) is 9.65. The van der Waals surface area contributed by atoms with Gasteiger partial charge in [0.15, 0.2) is 0 Å². The summed E-state index contributed by atoms with van der Waals surface area (Å²) in [4.78, 5) is 12.0. The van der Waals surface area contributed by atoms with E-state index >= 15 is 0 Å². The van der Waals surface area contributed by atoms with Crippen LogP contribution in [0.3, 0.4) is 0 Å². The van der Waals surface area contributed by atoms with Crippen molar-refractivity contribution in [2.45, 2.75) is 251 Å². The number of rotatable bonds is 39. The Bertz CT molecular complexity index is 568. The molecule has 0 radical (unpaired) electrons. The quantitative estimate of drug-likeness (QED) is 0.0383. The van der Waals surface area contributed by atoms with Gasteiger partial charge in [-0.05, 0) is 38.5 Å². The number of hydrogen-bond acceptors (Lipinski definition) is 2.